The molecule has 0 unspecified atom stereocenters. The summed E-state index contributed by atoms with van der Waals surface area (Å²) in [5.41, 5.74) is 4.28. The molecule has 3 saturated carbocycles. The third kappa shape index (κ3) is 18.0. The first-order valence-electron chi connectivity index (χ1n) is 32.8. The lowest BCUT2D eigenvalue weighted by Crippen LogP contribution is -2.45. The van der Waals surface area contributed by atoms with Crippen molar-refractivity contribution >= 4 is 47.5 Å². The van der Waals surface area contributed by atoms with Crippen LogP contribution in [0, 0.1) is 23.7 Å². The lowest BCUT2D eigenvalue weighted by molar-refractivity contribution is -0.146. The lowest BCUT2D eigenvalue weighted by atomic mass is 9.94. The van der Waals surface area contributed by atoms with Crippen LogP contribution in [0.2, 0.25) is 0 Å². The fourth-order valence-corrected chi connectivity index (χ4v) is 13.0. The molecule has 0 spiro atoms. The van der Waals surface area contributed by atoms with E-state index in [0.29, 0.717) is 24.1 Å². The fourth-order valence-electron chi connectivity index (χ4n) is 13.0. The van der Waals surface area contributed by atoms with E-state index in [-0.39, 0.29) is 104 Å². The van der Waals surface area contributed by atoms with Crippen LogP contribution in [0.1, 0.15) is 165 Å². The Morgan fingerprint density at radius 3 is 1.20 bits per heavy atom. The summed E-state index contributed by atoms with van der Waals surface area (Å²) in [5, 5.41) is 15.4. The Kier molecular flexibility index (Phi) is 21.9. The van der Waals surface area contributed by atoms with Gasteiger partial charge in [0.05, 0.1) is 30.3 Å². The minimum absolute atomic E-state index is 0.0487. The molecule has 90 heavy (non-hydrogen) atoms. The minimum Gasteiger partial charge on any atom is -0.464 e. The number of rotatable bonds is 29. The van der Waals surface area contributed by atoms with E-state index in [2.05, 4.69) is 63.0 Å². The molecule has 5 aliphatic rings. The molecule has 3 aliphatic carbocycles. The van der Waals surface area contributed by atoms with Gasteiger partial charge in [0.1, 0.15) is 11.6 Å². The molecule has 0 bridgehead atoms. The molecule has 17 heteroatoms. The van der Waals surface area contributed by atoms with Crippen molar-refractivity contribution in [3.05, 3.63) is 179 Å². The first-order chi connectivity index (χ1) is 43.6. The number of esters is 1. The maximum Gasteiger partial charge on any atom is 0.408 e. The van der Waals surface area contributed by atoms with E-state index in [1.807, 2.05) is 84.9 Å². The monoisotopic (exact) mass is 1220 g/mol. The molecule has 7 amide bonds. The molecule has 0 aromatic heterocycles. The number of hydrogen-bond donors (Lipinski definition) is 5. The molecule has 5 fully saturated rings. The number of nitrogens with one attached hydrogen (secondary N) is 5. The molecule has 11 atom stereocenters. The number of likely N-dealkylation sites (tertiary alicyclic amines) is 2. The Bertz CT molecular complexity index is 3180. The molecule has 0 radical (unpaired) electrons. The van der Waals surface area contributed by atoms with Gasteiger partial charge in [-0.25, -0.2) is 9.59 Å². The van der Waals surface area contributed by atoms with E-state index in [1.54, 1.807) is 54.8 Å². The summed E-state index contributed by atoms with van der Waals surface area (Å²) in [4.78, 5) is 114. The van der Waals surface area contributed by atoms with E-state index < -0.39 is 47.4 Å². The number of nitrogens with zero attached hydrogens (tertiary/aromatic N) is 2. The summed E-state index contributed by atoms with van der Waals surface area (Å²) >= 11 is 0. The van der Waals surface area contributed by atoms with Crippen LogP contribution in [-0.4, -0.2) is 126 Å². The zero-order chi connectivity index (χ0) is 63.2. The molecule has 5 aromatic rings. The second-order valence-corrected chi connectivity index (χ2v) is 26.4. The highest BCUT2D eigenvalue weighted by Crippen LogP contribution is 2.44. The maximum atomic E-state index is 14.3. The van der Waals surface area contributed by atoms with Crippen molar-refractivity contribution in [1.29, 1.82) is 0 Å². The van der Waals surface area contributed by atoms with Crippen molar-refractivity contribution in [1.82, 2.24) is 36.4 Å². The predicted octanol–water partition coefficient (Wildman–Crippen LogP) is 9.78. The molecule has 5 aromatic carbocycles. The van der Waals surface area contributed by atoms with Crippen LogP contribution in [0.3, 0.4) is 0 Å². The highest BCUT2D eigenvalue weighted by atomic mass is 16.6. The normalized spacial score (nSPS) is 23.4. The Morgan fingerprint density at radius 2 is 0.811 bits per heavy atom. The second kappa shape index (κ2) is 30.4. The van der Waals surface area contributed by atoms with Gasteiger partial charge in [-0.3, -0.25) is 28.8 Å². The lowest BCUT2D eigenvalue weighted by Gasteiger charge is -2.23. The van der Waals surface area contributed by atoms with Crippen LogP contribution in [0.4, 0.5) is 4.79 Å². The van der Waals surface area contributed by atoms with Crippen molar-refractivity contribution in [2.45, 2.75) is 158 Å². The van der Waals surface area contributed by atoms with Crippen molar-refractivity contribution in [2.75, 3.05) is 39.3 Å². The summed E-state index contributed by atoms with van der Waals surface area (Å²) in [6.45, 7) is 6.31. The summed E-state index contributed by atoms with van der Waals surface area (Å²) in [6.07, 6.45) is 11.8. The smallest absolute Gasteiger partial charge is 0.408 e. The standard InChI is InChI=1S/C73H89N7O10/c1-73(2,3)90-72(88)78-64(40-48-26-16-12-17-27-48)71(87)89-39-25-11-9-7-5-4-6-8-10-24-38-74-65(81)57-44-79(45-58(57)66(82)75-61-41-54(61)49-28-18-13-19-29-49)69(85)52-34-36-53(37-35-52)70(86)80-46-59(67(83)76-62-42-55(62)50-30-20-14-21-31-50)60(47-80)68(84)77-63-43-56(63)51-32-22-15-23-33-51/h12-23,26-37,54-64H,4-11,24-25,38-47H2,1-3H3,(H,74,81)(H,75,82)(H,76,83)(H,77,84)(H,78,88)/t54-,55-,56-,57-,58-,59-,60-,61+,62+,63+,64+/m1/s1. The molecule has 2 heterocycles. The molecular weight excluding hydrogens is 1130 g/mol. The minimum atomic E-state index is -0.858. The van der Waals surface area contributed by atoms with Crippen molar-refractivity contribution in [3.8, 4) is 0 Å². The molecule has 17 nitrogen and oxygen atoms in total. The number of alkyl carbamates (subject to hydrolysis) is 1. The highest BCUT2D eigenvalue weighted by Gasteiger charge is 2.50. The Morgan fingerprint density at radius 1 is 0.456 bits per heavy atom. The largest absolute Gasteiger partial charge is 0.464 e. The predicted molar refractivity (Wildman–Crippen MR) is 343 cm³/mol. The van der Waals surface area contributed by atoms with Crippen molar-refractivity contribution < 1.29 is 47.8 Å². The zero-order valence-corrected chi connectivity index (χ0v) is 52.3. The van der Waals surface area contributed by atoms with Crippen LogP contribution in [0.25, 0.3) is 0 Å². The van der Waals surface area contributed by atoms with Gasteiger partial charge >= 0.3 is 12.1 Å². The summed E-state index contributed by atoms with van der Waals surface area (Å²) in [6, 6.07) is 45.0. The SMILES string of the molecule is CC(C)(C)OC(=O)N[C@@H](Cc1ccccc1)C(=O)OCCCCCCCCCCCCNC(=O)[C@@H]1CN(C(=O)c2ccc(C(=O)N3C[C@@H](C(=O)N[C@H]4C[C@@H]4c4ccccc4)[C@H](C(=O)N[C@H]4C[C@@H]4c4ccccc4)C3)cc2)C[C@H]1C(=O)N[C@H]1C[C@@H]1c1ccccc1. The Hall–Kier alpha value is -8.34. The van der Waals surface area contributed by atoms with E-state index in [4.69, 9.17) is 9.47 Å². The average molecular weight is 1220 g/mol. The van der Waals surface area contributed by atoms with Gasteiger partial charge in [-0.05, 0) is 99.4 Å². The first kappa shape index (κ1) is 64.6. The molecule has 2 saturated heterocycles. The first-order valence-corrected chi connectivity index (χ1v) is 32.8. The molecule has 10 rings (SSSR count). The summed E-state index contributed by atoms with van der Waals surface area (Å²) in [5.74, 6) is -4.61. The number of amides is 7. The van der Waals surface area contributed by atoms with Crippen LogP contribution < -0.4 is 26.6 Å². The van der Waals surface area contributed by atoms with Gasteiger partial charge in [0.15, 0.2) is 0 Å². The third-order valence-electron chi connectivity index (χ3n) is 18.4. The van der Waals surface area contributed by atoms with Crippen molar-refractivity contribution in [2.24, 2.45) is 23.7 Å². The third-order valence-corrected chi connectivity index (χ3v) is 18.4. The van der Waals surface area contributed by atoms with Gasteiger partial charge in [0.2, 0.25) is 23.6 Å². The van der Waals surface area contributed by atoms with Crippen LogP contribution in [-0.2, 0) is 39.9 Å². The highest BCUT2D eigenvalue weighted by molar-refractivity contribution is 6.00. The van der Waals surface area contributed by atoms with Gasteiger partial charge in [-0.2, -0.15) is 0 Å². The maximum absolute atomic E-state index is 14.3. The molecular formula is C73H89N7O10. The van der Waals surface area contributed by atoms with Crippen LogP contribution in [0.5, 0.6) is 0 Å². The zero-order valence-electron chi connectivity index (χ0n) is 52.3. The van der Waals surface area contributed by atoms with E-state index in [0.717, 1.165) is 106 Å². The number of unbranched alkanes of at least 4 members (excludes halogenated alkanes) is 9. The number of ether oxygens (including phenoxy) is 2. The summed E-state index contributed by atoms with van der Waals surface area (Å²) < 4.78 is 11.0. The number of carbonyl (C=O) groups excluding carboxylic acids is 8. The Labute approximate surface area is 529 Å². The fraction of sp³-hybridized carbons (Fsp3) is 0.479. The quantitative estimate of drug-likeness (QED) is 0.0225. The molecule has 5 N–H and O–H groups in total. The molecule has 2 aliphatic heterocycles. The molecule has 476 valence electrons. The topological polar surface area (TPSA) is 222 Å². The van der Waals surface area contributed by atoms with Gasteiger partial charge < -0.3 is 45.9 Å². The van der Waals surface area contributed by atoms with E-state index in [9.17, 15) is 38.4 Å². The van der Waals surface area contributed by atoms with Gasteiger partial charge in [-0.15, -0.1) is 0 Å². The second-order valence-electron chi connectivity index (χ2n) is 26.4. The van der Waals surface area contributed by atoms with Gasteiger partial charge in [0.25, 0.3) is 11.8 Å². The number of carbonyl (C=O) groups is 8. The number of benzene rings is 5. The van der Waals surface area contributed by atoms with E-state index in [1.165, 1.54) is 0 Å². The van der Waals surface area contributed by atoms with Gasteiger partial charge in [0, 0.05) is 86.2 Å². The van der Waals surface area contributed by atoms with Crippen LogP contribution >= 0.6 is 0 Å². The summed E-state index contributed by atoms with van der Waals surface area (Å²) in [7, 11) is 0. The number of hydrogen-bond acceptors (Lipinski definition) is 10. The average Bonchev–Trinajstić information content (AvgIpc) is 4.67. The van der Waals surface area contributed by atoms with Gasteiger partial charge in [-0.1, -0.05) is 173 Å². The van der Waals surface area contributed by atoms with Crippen molar-refractivity contribution in [3.63, 3.8) is 0 Å². The van der Waals surface area contributed by atoms with E-state index >= 15 is 0 Å². The van der Waals surface area contributed by atoms with Crippen LogP contribution in [0.15, 0.2) is 146 Å². The Balaban J connectivity index is 0.670.